The molecule has 1 amide bonds. The number of ketones is 1. The SMILES string of the molecule is CCO[C@H]1C[C@H]2OC[C@@]2(OC(C)=O)C2[C@H](OC(=O)c3ccc(F)cc3)[C@]3(O)C[C@H](OC(=O)[C@H](OC(=O)CCS)[C@@H](NC(=O)c4ccccc4)c4ccccc4)C(C)=C([C@@H](OC(=O)CC)C(=O)[C@@]21C)C3(C)C. The van der Waals surface area contributed by atoms with Gasteiger partial charge in [0.05, 0.1) is 36.0 Å². The van der Waals surface area contributed by atoms with E-state index in [1.54, 1.807) is 88.4 Å². The maximum Gasteiger partial charge on any atom is 0.350 e. The highest BCUT2D eigenvalue weighted by atomic mass is 32.1. The summed E-state index contributed by atoms with van der Waals surface area (Å²) in [6.45, 7) is 10.4. The monoisotopic (exact) mass is 1000 g/mol. The number of halogens is 1. The lowest BCUT2D eigenvalue weighted by Gasteiger charge is -2.67. The van der Waals surface area contributed by atoms with Gasteiger partial charge in [0.1, 0.15) is 35.8 Å². The van der Waals surface area contributed by atoms with Gasteiger partial charge in [0.25, 0.3) is 5.91 Å². The summed E-state index contributed by atoms with van der Waals surface area (Å²) in [6.07, 6.45) is -10.2. The van der Waals surface area contributed by atoms with Crippen molar-refractivity contribution in [1.29, 1.82) is 0 Å². The summed E-state index contributed by atoms with van der Waals surface area (Å²) in [5.41, 5.74) is -7.31. The normalized spacial score (nSPS) is 29.2. The van der Waals surface area contributed by atoms with Crippen molar-refractivity contribution in [3.05, 3.63) is 119 Å². The van der Waals surface area contributed by atoms with Crippen molar-refractivity contribution in [3.63, 3.8) is 0 Å². The highest BCUT2D eigenvalue weighted by molar-refractivity contribution is 7.80. The zero-order chi connectivity index (χ0) is 51.6. The third-order valence-electron chi connectivity index (χ3n) is 14.7. The number of rotatable bonds is 16. The highest BCUT2D eigenvalue weighted by Crippen LogP contribution is 2.65. The molecule has 1 saturated heterocycles. The van der Waals surface area contributed by atoms with Gasteiger partial charge in [-0.15, -0.1) is 0 Å². The first-order chi connectivity index (χ1) is 33.7. The minimum atomic E-state index is -2.47. The van der Waals surface area contributed by atoms with E-state index in [9.17, 15) is 33.5 Å². The quantitative estimate of drug-likeness (QED) is 0.0632. The van der Waals surface area contributed by atoms with Crippen molar-refractivity contribution in [2.45, 2.75) is 128 Å². The van der Waals surface area contributed by atoms with E-state index < -0.39 is 124 Å². The fourth-order valence-electron chi connectivity index (χ4n) is 11.1. The van der Waals surface area contributed by atoms with Crippen LogP contribution in [0.3, 0.4) is 0 Å². The summed E-state index contributed by atoms with van der Waals surface area (Å²) >= 11 is 4.18. The molecule has 1 aliphatic heterocycles. The van der Waals surface area contributed by atoms with Crippen LogP contribution in [0.2, 0.25) is 0 Å². The smallest absolute Gasteiger partial charge is 0.350 e. The van der Waals surface area contributed by atoms with Gasteiger partial charge in [-0.05, 0) is 73.9 Å². The number of esters is 5. The standard InChI is InChI=1S/C53H60FNO15S/c1-8-38(57)67-42-40-29(3)35(66-49(62)43(68-39(58)24-25-71)41(31-16-12-10-13-17-31)55-47(60)32-18-14-11-15-19-32)27-53(63,50(40,5)6)46(69-48(61)33-20-22-34(54)23-21-33)44-51(7,45(42)59)36(64-9-2)26-37-52(44,28-65-37)70-30(4)56/h10-23,35-37,41-44,46,63,71H,8-9,24-28H2,1-7H3,(H,55,60)/t35-,36-,37+,41-,42+,43+,44?,46-,51+,52-,53+/m0/s1. The third-order valence-corrected chi connectivity index (χ3v) is 14.9. The molecule has 2 bridgehead atoms. The molecule has 71 heavy (non-hydrogen) atoms. The number of aliphatic hydroxyl groups is 1. The zero-order valence-electron chi connectivity index (χ0n) is 40.6. The van der Waals surface area contributed by atoms with Gasteiger partial charge in [0.2, 0.25) is 6.10 Å². The summed E-state index contributed by atoms with van der Waals surface area (Å²) in [5.74, 6) is -8.24. The van der Waals surface area contributed by atoms with Crippen LogP contribution in [0.1, 0.15) is 106 Å². The molecule has 16 nitrogen and oxygen atoms in total. The molecule has 7 rings (SSSR count). The Morgan fingerprint density at radius 1 is 0.887 bits per heavy atom. The van der Waals surface area contributed by atoms with E-state index >= 15 is 9.59 Å². The molecule has 18 heteroatoms. The molecule has 3 fully saturated rings. The second kappa shape index (κ2) is 21.0. The van der Waals surface area contributed by atoms with Gasteiger partial charge in [-0.3, -0.25) is 24.0 Å². The van der Waals surface area contributed by atoms with Crippen LogP contribution in [-0.4, -0.2) is 113 Å². The molecule has 2 saturated carbocycles. The average molecular weight is 1000 g/mol. The van der Waals surface area contributed by atoms with Crippen molar-refractivity contribution in [3.8, 4) is 0 Å². The number of carbonyl (C=O) groups excluding carboxylic acids is 7. The van der Waals surface area contributed by atoms with Gasteiger partial charge >= 0.3 is 29.8 Å². The Morgan fingerprint density at radius 2 is 1.54 bits per heavy atom. The molecule has 0 spiro atoms. The van der Waals surface area contributed by atoms with Crippen molar-refractivity contribution < 1.29 is 76.2 Å². The molecular formula is C53H60FNO15S. The van der Waals surface area contributed by atoms with E-state index in [0.29, 0.717) is 5.56 Å². The lowest BCUT2D eigenvalue weighted by Crippen LogP contribution is -2.82. The fourth-order valence-corrected chi connectivity index (χ4v) is 11.2. The van der Waals surface area contributed by atoms with Gasteiger partial charge in [0, 0.05) is 49.5 Å². The maximum atomic E-state index is 16.1. The van der Waals surface area contributed by atoms with E-state index in [-0.39, 0.29) is 60.5 Å². The number of thiol groups is 1. The molecule has 1 unspecified atom stereocenters. The molecule has 11 atom stereocenters. The number of carbonyl (C=O) groups is 7. The average Bonchev–Trinajstić information content (AvgIpc) is 3.33. The maximum absolute atomic E-state index is 16.1. The van der Waals surface area contributed by atoms with Crippen molar-refractivity contribution in [1.82, 2.24) is 5.32 Å². The number of amides is 1. The minimum Gasteiger partial charge on any atom is -0.455 e. The van der Waals surface area contributed by atoms with Crippen LogP contribution in [0, 0.1) is 22.6 Å². The van der Waals surface area contributed by atoms with E-state index in [4.69, 9.17) is 33.2 Å². The summed E-state index contributed by atoms with van der Waals surface area (Å²) < 4.78 is 57.9. The van der Waals surface area contributed by atoms with Gasteiger partial charge in [-0.2, -0.15) is 12.6 Å². The van der Waals surface area contributed by atoms with Crippen LogP contribution in [0.25, 0.3) is 0 Å². The van der Waals surface area contributed by atoms with Gasteiger partial charge in [-0.25, -0.2) is 14.0 Å². The number of Topliss-reactive ketones (excluding diaryl/α,β-unsaturated/α-hetero) is 1. The Bertz CT molecular complexity index is 2560. The number of nitrogens with one attached hydrogen (secondary N) is 1. The number of fused-ring (bicyclic) bond motifs is 5. The first kappa shape index (κ1) is 52.9. The number of hydrogen-bond donors (Lipinski definition) is 3. The zero-order valence-corrected chi connectivity index (χ0v) is 41.5. The summed E-state index contributed by atoms with van der Waals surface area (Å²) in [7, 11) is 0. The number of ether oxygens (including phenoxy) is 7. The Kier molecular flexibility index (Phi) is 15.7. The fraction of sp³-hybridized carbons (Fsp3) is 0.491. The molecule has 3 aliphatic carbocycles. The molecule has 0 radical (unpaired) electrons. The Morgan fingerprint density at radius 3 is 2.11 bits per heavy atom. The van der Waals surface area contributed by atoms with Crippen LogP contribution in [0.5, 0.6) is 0 Å². The number of hydrogen-bond acceptors (Lipinski definition) is 16. The van der Waals surface area contributed by atoms with Crippen molar-refractivity contribution in [2.75, 3.05) is 19.0 Å². The van der Waals surface area contributed by atoms with Crippen molar-refractivity contribution >= 4 is 54.2 Å². The Hall–Kier alpha value is -5.95. The van der Waals surface area contributed by atoms with Gasteiger partial charge in [-0.1, -0.05) is 69.3 Å². The predicted molar refractivity (Wildman–Crippen MR) is 254 cm³/mol. The van der Waals surface area contributed by atoms with E-state index in [0.717, 1.165) is 19.1 Å². The highest BCUT2D eigenvalue weighted by Gasteiger charge is 2.78. The van der Waals surface area contributed by atoms with Gasteiger partial charge < -0.3 is 43.6 Å². The van der Waals surface area contributed by atoms with Crippen LogP contribution < -0.4 is 5.32 Å². The molecule has 0 aromatic heterocycles. The molecular weight excluding hydrogens is 942 g/mol. The molecule has 2 N–H and O–H groups in total. The predicted octanol–water partition coefficient (Wildman–Crippen LogP) is 6.18. The molecule has 1 heterocycles. The minimum absolute atomic E-state index is 0.00253. The lowest BCUT2D eigenvalue weighted by molar-refractivity contribution is -0.348. The van der Waals surface area contributed by atoms with Gasteiger partial charge in [0.15, 0.2) is 17.5 Å². The Balaban J connectivity index is 1.45. The van der Waals surface area contributed by atoms with E-state index in [1.165, 1.54) is 26.0 Å². The first-order valence-electron chi connectivity index (χ1n) is 23.7. The second-order valence-corrected chi connectivity index (χ2v) is 19.5. The molecule has 380 valence electrons. The summed E-state index contributed by atoms with van der Waals surface area (Å²) in [4.78, 5) is 100. The third kappa shape index (κ3) is 9.75. The number of benzene rings is 3. The molecule has 3 aromatic carbocycles. The van der Waals surface area contributed by atoms with E-state index in [1.807, 2.05) is 0 Å². The largest absolute Gasteiger partial charge is 0.455 e. The molecule has 4 aliphatic rings. The van der Waals surface area contributed by atoms with Crippen LogP contribution in [-0.2, 0) is 57.1 Å². The van der Waals surface area contributed by atoms with E-state index in [2.05, 4.69) is 17.9 Å². The summed E-state index contributed by atoms with van der Waals surface area (Å²) in [6, 6.07) is 19.5. The van der Waals surface area contributed by atoms with Crippen LogP contribution in [0.4, 0.5) is 4.39 Å². The van der Waals surface area contributed by atoms with Crippen molar-refractivity contribution in [2.24, 2.45) is 16.7 Å². The lowest BCUT2D eigenvalue weighted by atomic mass is 9.44. The Labute approximate surface area is 416 Å². The van der Waals surface area contributed by atoms with Crippen LogP contribution >= 0.6 is 12.6 Å². The molecule has 3 aromatic rings. The summed E-state index contributed by atoms with van der Waals surface area (Å²) in [5, 5.41) is 16.9. The topological polar surface area (TPSA) is 216 Å². The second-order valence-electron chi connectivity index (χ2n) is 19.1. The van der Waals surface area contributed by atoms with Crippen LogP contribution in [0.15, 0.2) is 96.1 Å². The first-order valence-corrected chi connectivity index (χ1v) is 24.3.